The fourth-order valence-corrected chi connectivity index (χ4v) is 7.07. The zero-order chi connectivity index (χ0) is 39.0. The van der Waals surface area contributed by atoms with Crippen molar-refractivity contribution in [2.45, 2.75) is 56.9 Å². The number of benzene rings is 3. The van der Waals surface area contributed by atoms with Crippen molar-refractivity contribution in [3.05, 3.63) is 99.7 Å². The van der Waals surface area contributed by atoms with Gasteiger partial charge in [0.25, 0.3) is 0 Å². The number of nitrogens with one attached hydrogen (secondary N) is 3. The molecule has 0 saturated carbocycles. The lowest BCUT2D eigenvalue weighted by molar-refractivity contribution is -0.142. The first kappa shape index (κ1) is 44.0. The SMILES string of the molecule is COC[C@H](NC(=O)[C@H](C)NCc1c(F)cc(Cl)cc1Oc1ccc(-c2cnc(CN(C)C)n2C)cc1)C(=O)N(C)[C@@]1(Cc2ccc(Cl)cc2)CCCNC1.Cl. The van der Waals surface area contributed by atoms with Gasteiger partial charge in [-0.1, -0.05) is 35.3 Å². The normalized spacial score (nSPS) is 16.6. The van der Waals surface area contributed by atoms with Crippen molar-refractivity contribution in [3.8, 4) is 22.8 Å². The van der Waals surface area contributed by atoms with Gasteiger partial charge in [-0.05, 0) is 101 Å². The monoisotopic (exact) mass is 817 g/mol. The molecule has 1 saturated heterocycles. The van der Waals surface area contributed by atoms with Crippen LogP contribution in [0.5, 0.6) is 11.5 Å². The molecule has 298 valence electrons. The Labute approximate surface area is 339 Å². The Morgan fingerprint density at radius 1 is 1.07 bits per heavy atom. The third kappa shape index (κ3) is 11.2. The van der Waals surface area contributed by atoms with Crippen molar-refractivity contribution in [2.24, 2.45) is 7.05 Å². The van der Waals surface area contributed by atoms with Crippen molar-refractivity contribution in [1.29, 1.82) is 0 Å². The number of carbonyl (C=O) groups is 2. The zero-order valence-electron chi connectivity index (χ0n) is 32.1. The van der Waals surface area contributed by atoms with E-state index in [1.54, 1.807) is 31.0 Å². The summed E-state index contributed by atoms with van der Waals surface area (Å²) < 4.78 is 29.0. The molecule has 15 heteroatoms. The second kappa shape index (κ2) is 19.9. The molecule has 1 aromatic heterocycles. The number of ether oxygens (including phenoxy) is 2. The molecular formula is C40H51Cl3FN7O4. The maximum absolute atomic E-state index is 15.4. The molecule has 3 atom stereocenters. The molecule has 1 fully saturated rings. The van der Waals surface area contributed by atoms with Crippen LogP contribution in [0.1, 0.15) is 36.7 Å². The van der Waals surface area contributed by atoms with Gasteiger partial charge in [-0.3, -0.25) is 9.59 Å². The largest absolute Gasteiger partial charge is 0.457 e. The quantitative estimate of drug-likeness (QED) is 0.122. The van der Waals surface area contributed by atoms with Gasteiger partial charge in [0.2, 0.25) is 11.8 Å². The van der Waals surface area contributed by atoms with Crippen molar-refractivity contribution in [2.75, 3.05) is 47.9 Å². The first-order chi connectivity index (χ1) is 25.8. The second-order valence-corrected chi connectivity index (χ2v) is 15.0. The number of piperidine rings is 1. The number of carbonyl (C=O) groups excluding carboxylic acids is 2. The van der Waals surface area contributed by atoms with E-state index in [4.69, 9.17) is 32.7 Å². The van der Waals surface area contributed by atoms with Crippen LogP contribution in [0.2, 0.25) is 10.0 Å². The molecule has 4 aromatic rings. The molecule has 2 amide bonds. The van der Waals surface area contributed by atoms with Gasteiger partial charge >= 0.3 is 0 Å². The van der Waals surface area contributed by atoms with Crippen LogP contribution in [0, 0.1) is 5.82 Å². The molecule has 11 nitrogen and oxygen atoms in total. The first-order valence-electron chi connectivity index (χ1n) is 18.0. The highest BCUT2D eigenvalue weighted by Crippen LogP contribution is 2.33. The minimum atomic E-state index is -0.944. The van der Waals surface area contributed by atoms with Gasteiger partial charge in [0, 0.05) is 55.5 Å². The lowest BCUT2D eigenvalue weighted by atomic mass is 9.82. The number of imidazole rings is 1. The molecule has 3 aromatic carbocycles. The van der Waals surface area contributed by atoms with E-state index in [0.29, 0.717) is 30.3 Å². The van der Waals surface area contributed by atoms with Gasteiger partial charge in [-0.15, -0.1) is 12.4 Å². The molecule has 0 bridgehead atoms. The summed E-state index contributed by atoms with van der Waals surface area (Å²) in [5.74, 6) is 0.340. The molecular weight excluding hydrogens is 768 g/mol. The van der Waals surface area contributed by atoms with Crippen LogP contribution in [0.25, 0.3) is 11.3 Å². The van der Waals surface area contributed by atoms with Gasteiger partial charge in [-0.2, -0.15) is 0 Å². The number of hydrogen-bond donors (Lipinski definition) is 3. The predicted octanol–water partition coefficient (Wildman–Crippen LogP) is 6.24. The van der Waals surface area contributed by atoms with Crippen LogP contribution in [0.3, 0.4) is 0 Å². The fraction of sp³-hybridized carbons (Fsp3) is 0.425. The van der Waals surface area contributed by atoms with Crippen LogP contribution >= 0.6 is 35.6 Å². The summed E-state index contributed by atoms with van der Waals surface area (Å²) in [5, 5.41) is 10.2. The molecule has 0 spiro atoms. The summed E-state index contributed by atoms with van der Waals surface area (Å²) in [6.07, 6.45) is 4.14. The Balaban J connectivity index is 0.00000673. The van der Waals surface area contributed by atoms with Crippen LogP contribution in [0.4, 0.5) is 4.39 Å². The number of rotatable bonds is 16. The zero-order valence-corrected chi connectivity index (χ0v) is 34.5. The highest BCUT2D eigenvalue weighted by molar-refractivity contribution is 6.31. The van der Waals surface area contributed by atoms with Crippen molar-refractivity contribution >= 4 is 47.4 Å². The van der Waals surface area contributed by atoms with Crippen molar-refractivity contribution in [3.63, 3.8) is 0 Å². The lowest BCUT2D eigenvalue weighted by Gasteiger charge is -2.46. The molecule has 3 N–H and O–H groups in total. The number of aromatic nitrogens is 2. The molecule has 55 heavy (non-hydrogen) atoms. The van der Waals surface area contributed by atoms with E-state index >= 15 is 4.39 Å². The van der Waals surface area contributed by atoms with E-state index in [1.165, 1.54) is 19.2 Å². The van der Waals surface area contributed by atoms with Crippen LogP contribution in [-0.4, -0.2) is 96.7 Å². The van der Waals surface area contributed by atoms with E-state index < -0.39 is 29.3 Å². The average Bonchev–Trinajstić information content (AvgIpc) is 3.50. The number of methoxy groups -OCH3 is 1. The fourth-order valence-electron chi connectivity index (χ4n) is 6.75. The number of likely N-dealkylation sites (N-methyl/N-ethyl adjacent to an activating group) is 1. The Kier molecular flexibility index (Phi) is 15.9. The van der Waals surface area contributed by atoms with E-state index in [1.807, 2.05) is 68.3 Å². The molecule has 0 aliphatic carbocycles. The van der Waals surface area contributed by atoms with E-state index in [0.717, 1.165) is 42.0 Å². The maximum atomic E-state index is 15.4. The summed E-state index contributed by atoms with van der Waals surface area (Å²) in [6, 6.07) is 16.1. The number of halogens is 4. The Morgan fingerprint density at radius 3 is 2.42 bits per heavy atom. The Bertz CT molecular complexity index is 1890. The molecule has 1 aliphatic heterocycles. The maximum Gasteiger partial charge on any atom is 0.247 e. The summed E-state index contributed by atoms with van der Waals surface area (Å²) in [7, 11) is 9.23. The molecule has 2 heterocycles. The summed E-state index contributed by atoms with van der Waals surface area (Å²) in [5.41, 5.74) is 2.64. The van der Waals surface area contributed by atoms with Crippen LogP contribution in [-0.2, 0) is 40.9 Å². The van der Waals surface area contributed by atoms with E-state index in [-0.39, 0.29) is 47.8 Å². The van der Waals surface area contributed by atoms with Gasteiger partial charge < -0.3 is 39.8 Å². The topological polar surface area (TPSA) is 113 Å². The smallest absolute Gasteiger partial charge is 0.247 e. The van der Waals surface area contributed by atoms with Crippen molar-refractivity contribution in [1.82, 2.24) is 35.3 Å². The highest BCUT2D eigenvalue weighted by Gasteiger charge is 2.41. The van der Waals surface area contributed by atoms with Gasteiger partial charge in [0.05, 0.1) is 36.6 Å². The summed E-state index contributed by atoms with van der Waals surface area (Å²) in [4.78, 5) is 35.9. The van der Waals surface area contributed by atoms with Crippen LogP contribution in [0.15, 0.2) is 66.9 Å². The van der Waals surface area contributed by atoms with E-state index in [2.05, 4.69) is 25.8 Å². The van der Waals surface area contributed by atoms with Gasteiger partial charge in [0.1, 0.15) is 29.2 Å². The van der Waals surface area contributed by atoms with Crippen LogP contribution < -0.4 is 20.7 Å². The van der Waals surface area contributed by atoms with Crippen molar-refractivity contribution < 1.29 is 23.5 Å². The number of amides is 2. The predicted molar refractivity (Wildman–Crippen MR) is 218 cm³/mol. The molecule has 0 unspecified atom stereocenters. The molecule has 1 aliphatic rings. The van der Waals surface area contributed by atoms with E-state index in [9.17, 15) is 9.59 Å². The summed E-state index contributed by atoms with van der Waals surface area (Å²) >= 11 is 12.4. The molecule has 5 rings (SSSR count). The number of hydrogen-bond acceptors (Lipinski definition) is 8. The first-order valence-corrected chi connectivity index (χ1v) is 18.7. The Morgan fingerprint density at radius 2 is 1.78 bits per heavy atom. The van der Waals surface area contributed by atoms with Gasteiger partial charge in [-0.25, -0.2) is 9.37 Å². The standard InChI is InChI=1S/C40H50Cl2FN7O4.ClH/c1-26(38(51)47-34(24-53-6)39(52)50(5)40(16-7-17-44-25-40)20-27-8-12-29(41)13-9-27)45-21-32-33(43)18-30(42)19-36(32)54-31-14-10-28(11-15-31)35-22-46-37(49(35)4)23-48(2)3;/h8-15,18-19,22,26,34,44-45H,7,16-17,20-21,23-25H2,1-6H3,(H,47,51);1H/t26-,34-,40+;/m0./s1. The Hall–Kier alpha value is -3.75. The number of nitrogens with zero attached hydrogens (tertiary/aromatic N) is 4. The minimum Gasteiger partial charge on any atom is -0.457 e. The van der Waals surface area contributed by atoms with Gasteiger partial charge in [0.15, 0.2) is 0 Å². The lowest BCUT2D eigenvalue weighted by Crippen LogP contribution is -2.64. The second-order valence-electron chi connectivity index (χ2n) is 14.2. The molecule has 0 radical (unpaired) electrons. The minimum absolute atomic E-state index is 0. The third-order valence-corrected chi connectivity index (χ3v) is 10.4. The third-order valence-electron chi connectivity index (χ3n) is 9.90. The average molecular weight is 819 g/mol. The highest BCUT2D eigenvalue weighted by atomic mass is 35.5. The summed E-state index contributed by atoms with van der Waals surface area (Å²) in [6.45, 7) is 3.76.